The van der Waals surface area contributed by atoms with E-state index >= 15 is 0 Å². The third-order valence-electron chi connectivity index (χ3n) is 2.89. The van der Waals surface area contributed by atoms with Gasteiger partial charge in [-0.15, -0.1) is 0 Å². The number of alkyl halides is 3. The molecular formula is C10H16F3NO3S. The van der Waals surface area contributed by atoms with E-state index in [0.29, 0.717) is 6.54 Å². The lowest BCUT2D eigenvalue weighted by Crippen LogP contribution is -2.44. The van der Waals surface area contributed by atoms with Gasteiger partial charge in [-0.2, -0.15) is 13.2 Å². The van der Waals surface area contributed by atoms with Gasteiger partial charge in [-0.3, -0.25) is 9.69 Å². The van der Waals surface area contributed by atoms with Gasteiger partial charge in [0, 0.05) is 18.3 Å². The fourth-order valence-corrected chi connectivity index (χ4v) is 2.53. The summed E-state index contributed by atoms with van der Waals surface area (Å²) in [5.74, 6) is -1.71. The summed E-state index contributed by atoms with van der Waals surface area (Å²) in [7, 11) is 0. The highest BCUT2D eigenvalue weighted by molar-refractivity contribution is 8.00. The van der Waals surface area contributed by atoms with E-state index in [9.17, 15) is 18.0 Å². The molecule has 0 radical (unpaired) electrons. The number of carboxylic acid groups (broad SMARTS) is 1. The first kappa shape index (κ1) is 15.6. The molecule has 106 valence electrons. The summed E-state index contributed by atoms with van der Waals surface area (Å²) in [6.07, 6.45) is 0. The Morgan fingerprint density at radius 3 is 2.67 bits per heavy atom. The van der Waals surface area contributed by atoms with E-state index in [2.05, 4.69) is 0 Å². The average molecular weight is 287 g/mol. The fraction of sp³-hybridized carbons (Fsp3) is 0.900. The van der Waals surface area contributed by atoms with Crippen LogP contribution in [0.15, 0.2) is 0 Å². The highest BCUT2D eigenvalue weighted by Gasteiger charge is 2.37. The Labute approximate surface area is 107 Å². The SMILES string of the molecule is CCN(CCSC(F)(F)F)C1COCC1C(=O)O. The van der Waals surface area contributed by atoms with E-state index in [1.165, 1.54) is 0 Å². The van der Waals surface area contributed by atoms with E-state index < -0.39 is 17.4 Å². The van der Waals surface area contributed by atoms with E-state index in [1.807, 2.05) is 0 Å². The largest absolute Gasteiger partial charge is 0.481 e. The van der Waals surface area contributed by atoms with Crippen LogP contribution in [0.2, 0.25) is 0 Å². The number of aliphatic carboxylic acids is 1. The molecule has 0 aromatic carbocycles. The van der Waals surface area contributed by atoms with Crippen molar-refractivity contribution in [1.82, 2.24) is 4.90 Å². The molecular weight excluding hydrogens is 271 g/mol. The van der Waals surface area contributed by atoms with Crippen molar-refractivity contribution in [3.63, 3.8) is 0 Å². The van der Waals surface area contributed by atoms with Crippen molar-refractivity contribution in [3.05, 3.63) is 0 Å². The topological polar surface area (TPSA) is 49.8 Å². The van der Waals surface area contributed by atoms with Gasteiger partial charge in [-0.25, -0.2) is 0 Å². The maximum atomic E-state index is 12.0. The first-order chi connectivity index (χ1) is 8.35. The van der Waals surface area contributed by atoms with Gasteiger partial charge in [0.25, 0.3) is 0 Å². The zero-order valence-corrected chi connectivity index (χ0v) is 10.8. The van der Waals surface area contributed by atoms with Gasteiger partial charge in [-0.1, -0.05) is 6.92 Å². The molecule has 1 saturated heterocycles. The fourth-order valence-electron chi connectivity index (χ4n) is 1.98. The lowest BCUT2D eigenvalue weighted by atomic mass is 10.0. The standard InChI is InChI=1S/C10H16F3NO3S/c1-2-14(3-4-18-10(11,12)13)8-6-17-5-7(8)9(15)16/h7-8H,2-6H2,1H3,(H,15,16). The van der Waals surface area contributed by atoms with Gasteiger partial charge in [0.2, 0.25) is 0 Å². The van der Waals surface area contributed by atoms with Crippen LogP contribution in [0.5, 0.6) is 0 Å². The lowest BCUT2D eigenvalue weighted by molar-refractivity contribution is -0.143. The van der Waals surface area contributed by atoms with Crippen LogP contribution in [0.1, 0.15) is 6.92 Å². The summed E-state index contributed by atoms with van der Waals surface area (Å²) in [5.41, 5.74) is -4.24. The lowest BCUT2D eigenvalue weighted by Gasteiger charge is -2.28. The summed E-state index contributed by atoms with van der Waals surface area (Å²) >= 11 is -0.0842. The summed E-state index contributed by atoms with van der Waals surface area (Å²) < 4.78 is 41.2. The minimum absolute atomic E-state index is 0.0842. The second-order valence-corrected chi connectivity index (χ2v) is 5.13. The van der Waals surface area contributed by atoms with Crippen molar-refractivity contribution in [3.8, 4) is 0 Å². The molecule has 0 aliphatic carbocycles. The van der Waals surface area contributed by atoms with Crippen molar-refractivity contribution in [2.45, 2.75) is 18.5 Å². The van der Waals surface area contributed by atoms with Crippen LogP contribution in [-0.2, 0) is 9.53 Å². The maximum Gasteiger partial charge on any atom is 0.441 e. The highest BCUT2D eigenvalue weighted by Crippen LogP contribution is 2.30. The molecule has 2 atom stereocenters. The molecule has 4 nitrogen and oxygen atoms in total. The molecule has 18 heavy (non-hydrogen) atoms. The van der Waals surface area contributed by atoms with Crippen LogP contribution in [0.4, 0.5) is 13.2 Å². The number of ether oxygens (including phenoxy) is 1. The van der Waals surface area contributed by atoms with Crippen LogP contribution in [0.25, 0.3) is 0 Å². The summed E-state index contributed by atoms with van der Waals surface area (Å²) in [4.78, 5) is 12.7. The Balaban J connectivity index is 2.47. The number of halogens is 3. The molecule has 2 unspecified atom stereocenters. The molecule has 0 spiro atoms. The molecule has 1 N–H and O–H groups in total. The Kier molecular flexibility index (Phi) is 5.74. The van der Waals surface area contributed by atoms with Gasteiger partial charge in [0.05, 0.1) is 19.1 Å². The molecule has 1 fully saturated rings. The van der Waals surface area contributed by atoms with Gasteiger partial charge < -0.3 is 9.84 Å². The van der Waals surface area contributed by atoms with Gasteiger partial charge in [0.1, 0.15) is 0 Å². The second kappa shape index (κ2) is 6.63. The number of thioether (sulfide) groups is 1. The predicted octanol–water partition coefficient (Wildman–Crippen LogP) is 1.66. The molecule has 1 heterocycles. The zero-order chi connectivity index (χ0) is 13.8. The highest BCUT2D eigenvalue weighted by atomic mass is 32.2. The van der Waals surface area contributed by atoms with Crippen LogP contribution >= 0.6 is 11.8 Å². The quantitative estimate of drug-likeness (QED) is 0.805. The Morgan fingerprint density at radius 2 is 2.17 bits per heavy atom. The first-order valence-electron chi connectivity index (χ1n) is 5.60. The van der Waals surface area contributed by atoms with E-state index in [1.54, 1.807) is 11.8 Å². The minimum Gasteiger partial charge on any atom is -0.481 e. The normalized spacial score (nSPS) is 24.7. The summed E-state index contributed by atoms with van der Waals surface area (Å²) in [6, 6.07) is -0.332. The third-order valence-corrected chi connectivity index (χ3v) is 3.60. The molecule has 0 bridgehead atoms. The molecule has 8 heteroatoms. The van der Waals surface area contributed by atoms with E-state index in [0.717, 1.165) is 0 Å². The monoisotopic (exact) mass is 287 g/mol. The van der Waals surface area contributed by atoms with Gasteiger partial charge in [-0.05, 0) is 18.3 Å². The first-order valence-corrected chi connectivity index (χ1v) is 6.59. The molecule has 0 amide bonds. The van der Waals surface area contributed by atoms with Crippen molar-refractivity contribution >= 4 is 17.7 Å². The Bertz CT molecular complexity index is 288. The number of carbonyl (C=O) groups is 1. The average Bonchev–Trinajstić information content (AvgIpc) is 2.71. The minimum atomic E-state index is -4.24. The third kappa shape index (κ3) is 4.66. The van der Waals surface area contributed by atoms with Crippen LogP contribution in [-0.4, -0.2) is 59.6 Å². The molecule has 1 rings (SSSR count). The van der Waals surface area contributed by atoms with Crippen LogP contribution in [0, 0.1) is 5.92 Å². The Hall–Kier alpha value is -0.470. The number of hydrogen-bond donors (Lipinski definition) is 1. The van der Waals surface area contributed by atoms with Crippen molar-refractivity contribution < 1.29 is 27.8 Å². The zero-order valence-electron chi connectivity index (χ0n) is 9.94. The smallest absolute Gasteiger partial charge is 0.441 e. The molecule has 0 aromatic rings. The summed E-state index contributed by atoms with van der Waals surface area (Å²) in [6.45, 7) is 2.91. The number of carboxylic acids is 1. The number of rotatable bonds is 6. The molecule has 0 saturated carbocycles. The predicted molar refractivity (Wildman–Crippen MR) is 61.5 cm³/mol. The van der Waals surface area contributed by atoms with E-state index in [-0.39, 0.29) is 43.3 Å². The molecule has 1 aliphatic heterocycles. The summed E-state index contributed by atoms with van der Waals surface area (Å²) in [5, 5.41) is 8.99. The van der Waals surface area contributed by atoms with Gasteiger partial charge in [0.15, 0.2) is 0 Å². The van der Waals surface area contributed by atoms with Gasteiger partial charge >= 0.3 is 11.5 Å². The number of hydrogen-bond acceptors (Lipinski definition) is 4. The van der Waals surface area contributed by atoms with Crippen molar-refractivity contribution in [2.75, 3.05) is 32.1 Å². The van der Waals surface area contributed by atoms with E-state index in [4.69, 9.17) is 9.84 Å². The number of likely N-dealkylation sites (N-methyl/N-ethyl adjacent to an activating group) is 1. The van der Waals surface area contributed by atoms with Crippen LogP contribution in [0.3, 0.4) is 0 Å². The maximum absolute atomic E-state index is 12.0. The van der Waals surface area contributed by atoms with Crippen molar-refractivity contribution in [1.29, 1.82) is 0 Å². The van der Waals surface area contributed by atoms with Crippen molar-refractivity contribution in [2.24, 2.45) is 5.92 Å². The molecule has 1 aliphatic rings. The second-order valence-electron chi connectivity index (χ2n) is 3.97. The Morgan fingerprint density at radius 1 is 1.50 bits per heavy atom. The number of nitrogens with zero attached hydrogens (tertiary/aromatic N) is 1. The molecule has 0 aromatic heterocycles. The van der Waals surface area contributed by atoms with Crippen LogP contribution < -0.4 is 0 Å².